The van der Waals surface area contributed by atoms with E-state index in [-0.39, 0.29) is 0 Å². The number of azo groups is 1. The third-order valence-corrected chi connectivity index (χ3v) is 5.66. The van der Waals surface area contributed by atoms with Crippen LogP contribution in [0.1, 0.15) is 28.8 Å². The van der Waals surface area contributed by atoms with Gasteiger partial charge in [0.1, 0.15) is 11.2 Å². The Morgan fingerprint density at radius 3 is 2.91 bits per heavy atom. The Morgan fingerprint density at radius 1 is 1.13 bits per heavy atom. The molecule has 23 heavy (non-hydrogen) atoms. The number of hydrogen-bond donors (Lipinski definition) is 0. The van der Waals surface area contributed by atoms with Gasteiger partial charge in [-0.05, 0) is 42.9 Å². The average Bonchev–Trinajstić information content (AvgIpc) is 2.96. The van der Waals surface area contributed by atoms with Gasteiger partial charge in [-0.25, -0.2) is 9.97 Å². The molecule has 0 saturated heterocycles. The predicted octanol–water partition coefficient (Wildman–Crippen LogP) is 5.51. The molecule has 0 atom stereocenters. The van der Waals surface area contributed by atoms with Gasteiger partial charge < -0.3 is 0 Å². The van der Waals surface area contributed by atoms with E-state index < -0.39 is 0 Å². The number of fused-ring (bicyclic) bond motifs is 3. The first-order chi connectivity index (χ1) is 11.3. The zero-order valence-corrected chi connectivity index (χ0v) is 14.1. The van der Waals surface area contributed by atoms with Gasteiger partial charge in [0.05, 0.1) is 11.9 Å². The van der Waals surface area contributed by atoms with Crippen LogP contribution in [-0.4, -0.2) is 9.97 Å². The average molecular weight is 343 g/mol. The monoisotopic (exact) mass is 342 g/mol. The molecule has 0 bridgehead atoms. The predicted molar refractivity (Wildman–Crippen MR) is 93.7 cm³/mol. The molecule has 0 spiro atoms. The molecule has 4 rings (SSSR count). The molecule has 0 aliphatic heterocycles. The summed E-state index contributed by atoms with van der Waals surface area (Å²) in [4.78, 5) is 11.2. The lowest BCUT2D eigenvalue weighted by atomic mass is 9.97. The molecule has 2 heterocycles. The molecule has 0 N–H and O–H groups in total. The highest BCUT2D eigenvalue weighted by Crippen LogP contribution is 2.39. The van der Waals surface area contributed by atoms with Gasteiger partial charge in [0, 0.05) is 9.90 Å². The largest absolute Gasteiger partial charge is 0.225 e. The molecule has 0 saturated carbocycles. The molecule has 0 radical (unpaired) electrons. The highest BCUT2D eigenvalue weighted by atomic mass is 35.5. The summed E-state index contributed by atoms with van der Waals surface area (Å²) in [6.45, 7) is 0.456. The molecule has 0 unspecified atom stereocenters. The van der Waals surface area contributed by atoms with Gasteiger partial charge in [0.15, 0.2) is 5.82 Å². The van der Waals surface area contributed by atoms with E-state index in [4.69, 9.17) is 11.6 Å². The van der Waals surface area contributed by atoms with E-state index in [0.717, 1.165) is 28.6 Å². The number of thiophene rings is 1. The number of benzene rings is 1. The summed E-state index contributed by atoms with van der Waals surface area (Å²) < 4.78 is 0. The minimum atomic E-state index is 0.456. The number of nitrogens with zero attached hydrogens (tertiary/aromatic N) is 4. The summed E-state index contributed by atoms with van der Waals surface area (Å²) in [5.74, 6) is 0.682. The number of halogens is 1. The smallest absolute Gasteiger partial charge is 0.186 e. The maximum absolute atomic E-state index is 6.15. The maximum atomic E-state index is 6.15. The van der Waals surface area contributed by atoms with Crippen molar-refractivity contribution in [2.75, 3.05) is 0 Å². The Hall–Kier alpha value is -1.85. The van der Waals surface area contributed by atoms with E-state index in [0.29, 0.717) is 17.4 Å². The minimum Gasteiger partial charge on any atom is -0.225 e. The Kier molecular flexibility index (Phi) is 4.06. The second-order valence-electron chi connectivity index (χ2n) is 5.58. The fraction of sp³-hybridized carbons (Fsp3) is 0.294. The second kappa shape index (κ2) is 6.34. The first kappa shape index (κ1) is 14.7. The molecule has 1 aromatic carbocycles. The number of aryl methyl sites for hydroxylation is 2. The van der Waals surface area contributed by atoms with Gasteiger partial charge in [0.2, 0.25) is 0 Å². The van der Waals surface area contributed by atoms with Crippen molar-refractivity contribution in [3.8, 4) is 0 Å². The molecular weight excluding hydrogens is 328 g/mol. The standard InChI is InChI=1S/C17H15ClN4S/c18-13-7-3-1-5-11(13)9-21-22-16-15-12-6-2-4-8-14(12)23-17(15)20-10-19-16/h1,3,5,7,10H,2,4,6,8-9H2. The normalized spacial score (nSPS) is 14.5. The fourth-order valence-electron chi connectivity index (χ4n) is 2.95. The fourth-order valence-corrected chi connectivity index (χ4v) is 4.37. The lowest BCUT2D eigenvalue weighted by molar-refractivity contribution is 0.700. The van der Waals surface area contributed by atoms with Crippen molar-refractivity contribution >= 4 is 39.0 Å². The van der Waals surface area contributed by atoms with Crippen molar-refractivity contribution in [3.63, 3.8) is 0 Å². The quantitative estimate of drug-likeness (QED) is 0.589. The van der Waals surface area contributed by atoms with Crippen LogP contribution in [0.3, 0.4) is 0 Å². The summed E-state index contributed by atoms with van der Waals surface area (Å²) in [5, 5.41) is 10.5. The molecular formula is C17H15ClN4S. The summed E-state index contributed by atoms with van der Waals surface area (Å²) in [6, 6.07) is 7.69. The van der Waals surface area contributed by atoms with Crippen molar-refractivity contribution in [3.05, 3.63) is 51.6 Å². The van der Waals surface area contributed by atoms with Gasteiger partial charge in [-0.15, -0.1) is 16.5 Å². The molecule has 6 heteroatoms. The van der Waals surface area contributed by atoms with E-state index in [1.807, 2.05) is 24.3 Å². The molecule has 4 nitrogen and oxygen atoms in total. The SMILES string of the molecule is Clc1ccccc1CN=Nc1ncnc2sc3c(c12)CCCC3. The molecule has 3 aromatic rings. The van der Waals surface area contributed by atoms with Crippen LogP contribution < -0.4 is 0 Å². The Bertz CT molecular complexity index is 887. The lowest BCUT2D eigenvalue weighted by Crippen LogP contribution is -1.98. The Labute approximate surface area is 143 Å². The summed E-state index contributed by atoms with van der Waals surface area (Å²) in [5.41, 5.74) is 2.35. The highest BCUT2D eigenvalue weighted by Gasteiger charge is 2.19. The van der Waals surface area contributed by atoms with E-state index in [9.17, 15) is 0 Å². The van der Waals surface area contributed by atoms with Gasteiger partial charge >= 0.3 is 0 Å². The lowest BCUT2D eigenvalue weighted by Gasteiger charge is -2.10. The number of aromatic nitrogens is 2. The van der Waals surface area contributed by atoms with Crippen LogP contribution in [0, 0.1) is 0 Å². The van der Waals surface area contributed by atoms with Crippen molar-refractivity contribution < 1.29 is 0 Å². The zero-order valence-electron chi connectivity index (χ0n) is 12.5. The van der Waals surface area contributed by atoms with E-state index in [1.54, 1.807) is 17.7 Å². The van der Waals surface area contributed by atoms with Crippen LogP contribution >= 0.6 is 22.9 Å². The van der Waals surface area contributed by atoms with E-state index in [2.05, 4.69) is 20.2 Å². The molecule has 0 amide bonds. The molecule has 2 aromatic heterocycles. The third kappa shape index (κ3) is 2.86. The zero-order chi connectivity index (χ0) is 15.6. The highest BCUT2D eigenvalue weighted by molar-refractivity contribution is 7.18. The van der Waals surface area contributed by atoms with Crippen LogP contribution in [0.2, 0.25) is 5.02 Å². The minimum absolute atomic E-state index is 0.456. The van der Waals surface area contributed by atoms with Crippen molar-refractivity contribution in [2.45, 2.75) is 32.2 Å². The van der Waals surface area contributed by atoms with Crippen LogP contribution in [-0.2, 0) is 19.4 Å². The molecule has 0 fully saturated rings. The second-order valence-corrected chi connectivity index (χ2v) is 7.07. The van der Waals surface area contributed by atoms with Crippen LogP contribution in [0.4, 0.5) is 5.82 Å². The van der Waals surface area contributed by atoms with Crippen LogP contribution in [0.5, 0.6) is 0 Å². The van der Waals surface area contributed by atoms with Gasteiger partial charge in [0.25, 0.3) is 0 Å². The van der Waals surface area contributed by atoms with Crippen molar-refractivity contribution in [2.24, 2.45) is 10.2 Å². The summed E-state index contributed by atoms with van der Waals surface area (Å²) >= 11 is 7.93. The van der Waals surface area contributed by atoms with Gasteiger partial charge in [-0.3, -0.25) is 0 Å². The third-order valence-electron chi connectivity index (χ3n) is 4.10. The van der Waals surface area contributed by atoms with E-state index in [1.165, 1.54) is 23.3 Å². The molecule has 1 aliphatic carbocycles. The first-order valence-corrected chi connectivity index (χ1v) is 8.88. The van der Waals surface area contributed by atoms with Crippen molar-refractivity contribution in [1.29, 1.82) is 0 Å². The maximum Gasteiger partial charge on any atom is 0.186 e. The first-order valence-electron chi connectivity index (χ1n) is 7.69. The summed E-state index contributed by atoms with van der Waals surface area (Å²) in [6.07, 6.45) is 6.30. The van der Waals surface area contributed by atoms with Crippen LogP contribution in [0.25, 0.3) is 10.2 Å². The van der Waals surface area contributed by atoms with Crippen LogP contribution in [0.15, 0.2) is 40.8 Å². The number of hydrogen-bond acceptors (Lipinski definition) is 5. The molecule has 1 aliphatic rings. The molecule has 116 valence electrons. The Morgan fingerprint density at radius 2 is 2.00 bits per heavy atom. The van der Waals surface area contributed by atoms with E-state index >= 15 is 0 Å². The summed E-state index contributed by atoms with van der Waals surface area (Å²) in [7, 11) is 0. The van der Waals surface area contributed by atoms with Gasteiger partial charge in [-0.1, -0.05) is 29.8 Å². The van der Waals surface area contributed by atoms with Gasteiger partial charge in [-0.2, -0.15) is 5.11 Å². The van der Waals surface area contributed by atoms with Crippen molar-refractivity contribution in [1.82, 2.24) is 9.97 Å². The Balaban J connectivity index is 1.68. The topological polar surface area (TPSA) is 50.5 Å². The number of rotatable bonds is 3.